The molecule has 0 fully saturated rings. The standard InChI is InChI=1S/C16H32F3NO/c1-3-5-6-7-8-9-10-11-12-15(20-4-2)13-21-14-16(17,18)19/h15,20H,3-14H2,1-2H3. The molecule has 0 bridgehead atoms. The normalized spacial score (nSPS) is 13.6. The largest absolute Gasteiger partial charge is 0.411 e. The molecule has 1 N–H and O–H groups in total. The predicted molar refractivity (Wildman–Crippen MR) is 81.6 cm³/mol. The van der Waals surface area contributed by atoms with Gasteiger partial charge in [0.1, 0.15) is 6.61 Å². The Morgan fingerprint density at radius 3 is 2.00 bits per heavy atom. The molecule has 2 nitrogen and oxygen atoms in total. The minimum Gasteiger partial charge on any atom is -0.370 e. The van der Waals surface area contributed by atoms with Gasteiger partial charge < -0.3 is 10.1 Å². The van der Waals surface area contributed by atoms with Crippen molar-refractivity contribution in [2.24, 2.45) is 0 Å². The van der Waals surface area contributed by atoms with Crippen LogP contribution in [-0.4, -0.2) is 32.0 Å². The van der Waals surface area contributed by atoms with Crippen LogP contribution in [0, 0.1) is 0 Å². The van der Waals surface area contributed by atoms with Crippen molar-refractivity contribution in [2.75, 3.05) is 19.8 Å². The number of nitrogens with one attached hydrogen (secondary N) is 1. The number of hydrogen-bond donors (Lipinski definition) is 1. The number of alkyl halides is 3. The van der Waals surface area contributed by atoms with Crippen molar-refractivity contribution in [1.82, 2.24) is 5.32 Å². The summed E-state index contributed by atoms with van der Waals surface area (Å²) < 4.78 is 40.8. The zero-order valence-corrected chi connectivity index (χ0v) is 13.6. The first-order valence-corrected chi connectivity index (χ1v) is 8.37. The summed E-state index contributed by atoms with van der Waals surface area (Å²) >= 11 is 0. The molecule has 0 saturated heterocycles. The predicted octanol–water partition coefficient (Wildman–Crippen LogP) is 5.07. The lowest BCUT2D eigenvalue weighted by atomic mass is 10.0. The van der Waals surface area contributed by atoms with Crippen LogP contribution in [0.15, 0.2) is 0 Å². The van der Waals surface area contributed by atoms with Gasteiger partial charge in [0.15, 0.2) is 0 Å². The monoisotopic (exact) mass is 311 g/mol. The van der Waals surface area contributed by atoms with Gasteiger partial charge in [-0.3, -0.25) is 0 Å². The van der Waals surface area contributed by atoms with Crippen molar-refractivity contribution >= 4 is 0 Å². The molecule has 0 spiro atoms. The van der Waals surface area contributed by atoms with E-state index >= 15 is 0 Å². The van der Waals surface area contributed by atoms with E-state index in [4.69, 9.17) is 4.74 Å². The summed E-state index contributed by atoms with van der Waals surface area (Å²) in [5.74, 6) is 0. The summed E-state index contributed by atoms with van der Waals surface area (Å²) in [7, 11) is 0. The molecule has 0 aliphatic heterocycles. The Morgan fingerprint density at radius 2 is 1.48 bits per heavy atom. The topological polar surface area (TPSA) is 21.3 Å². The van der Waals surface area contributed by atoms with E-state index in [2.05, 4.69) is 12.2 Å². The minimum absolute atomic E-state index is 0.0393. The van der Waals surface area contributed by atoms with Gasteiger partial charge in [0.05, 0.1) is 6.61 Å². The molecule has 0 amide bonds. The zero-order valence-electron chi connectivity index (χ0n) is 13.6. The van der Waals surface area contributed by atoms with Crippen molar-refractivity contribution in [3.8, 4) is 0 Å². The molecule has 128 valence electrons. The fourth-order valence-electron chi connectivity index (χ4n) is 2.37. The van der Waals surface area contributed by atoms with Crippen LogP contribution >= 0.6 is 0 Å². The van der Waals surface area contributed by atoms with Crippen molar-refractivity contribution in [3.05, 3.63) is 0 Å². The zero-order chi connectivity index (χ0) is 16.0. The maximum atomic E-state index is 12.0. The smallest absolute Gasteiger partial charge is 0.370 e. The van der Waals surface area contributed by atoms with Crippen LogP contribution in [0.1, 0.15) is 71.6 Å². The number of hydrogen-bond acceptors (Lipinski definition) is 2. The minimum atomic E-state index is -4.23. The molecule has 0 aromatic rings. The van der Waals surface area contributed by atoms with Gasteiger partial charge in [0.25, 0.3) is 0 Å². The van der Waals surface area contributed by atoms with Crippen molar-refractivity contribution in [2.45, 2.75) is 83.9 Å². The summed E-state index contributed by atoms with van der Waals surface area (Å²) in [6.45, 7) is 3.93. The van der Waals surface area contributed by atoms with E-state index in [0.717, 1.165) is 25.8 Å². The van der Waals surface area contributed by atoms with E-state index in [0.29, 0.717) is 0 Å². The fraction of sp³-hybridized carbons (Fsp3) is 1.00. The van der Waals surface area contributed by atoms with E-state index in [1.54, 1.807) is 0 Å². The number of rotatable bonds is 14. The lowest BCUT2D eigenvalue weighted by molar-refractivity contribution is -0.175. The Kier molecular flexibility index (Phi) is 13.2. The van der Waals surface area contributed by atoms with E-state index in [1.165, 1.54) is 38.5 Å². The summed E-state index contributed by atoms with van der Waals surface area (Å²) in [5, 5.41) is 3.20. The van der Waals surface area contributed by atoms with Gasteiger partial charge in [-0.15, -0.1) is 0 Å². The molecule has 0 aliphatic rings. The second-order valence-corrected chi connectivity index (χ2v) is 5.65. The van der Waals surface area contributed by atoms with Crippen molar-refractivity contribution in [1.29, 1.82) is 0 Å². The number of likely N-dealkylation sites (N-methyl/N-ethyl adjacent to an activating group) is 1. The molecule has 0 rings (SSSR count). The first-order valence-electron chi connectivity index (χ1n) is 8.37. The highest BCUT2D eigenvalue weighted by molar-refractivity contribution is 4.66. The van der Waals surface area contributed by atoms with Crippen molar-refractivity contribution < 1.29 is 17.9 Å². The lowest BCUT2D eigenvalue weighted by Crippen LogP contribution is -2.34. The third-order valence-corrected chi connectivity index (χ3v) is 3.48. The summed E-state index contributed by atoms with van der Waals surface area (Å²) in [4.78, 5) is 0. The van der Waals surface area contributed by atoms with Gasteiger partial charge in [-0.05, 0) is 13.0 Å². The third-order valence-electron chi connectivity index (χ3n) is 3.48. The van der Waals surface area contributed by atoms with Crippen LogP contribution in [0.2, 0.25) is 0 Å². The van der Waals surface area contributed by atoms with Crippen molar-refractivity contribution in [3.63, 3.8) is 0 Å². The van der Waals surface area contributed by atoms with E-state index in [9.17, 15) is 13.2 Å². The quantitative estimate of drug-likeness (QED) is 0.452. The average molecular weight is 311 g/mol. The van der Waals surface area contributed by atoms with Crippen LogP contribution in [-0.2, 0) is 4.74 Å². The Labute approximate surface area is 127 Å². The van der Waals surface area contributed by atoms with Gasteiger partial charge in [-0.25, -0.2) is 0 Å². The van der Waals surface area contributed by atoms with Crippen LogP contribution in [0.4, 0.5) is 13.2 Å². The molecule has 0 heterocycles. The van der Waals surface area contributed by atoms with Gasteiger partial charge in [-0.2, -0.15) is 13.2 Å². The lowest BCUT2D eigenvalue weighted by Gasteiger charge is -2.18. The molecular weight excluding hydrogens is 279 g/mol. The summed E-state index contributed by atoms with van der Waals surface area (Å²) in [6, 6.07) is 0.0393. The second-order valence-electron chi connectivity index (χ2n) is 5.65. The molecule has 5 heteroatoms. The maximum Gasteiger partial charge on any atom is 0.411 e. The summed E-state index contributed by atoms with van der Waals surface area (Å²) in [5.41, 5.74) is 0. The molecule has 21 heavy (non-hydrogen) atoms. The molecule has 0 aliphatic carbocycles. The maximum absolute atomic E-state index is 12.0. The molecule has 1 unspecified atom stereocenters. The Balaban J connectivity index is 3.55. The first-order chi connectivity index (χ1) is 9.99. The fourth-order valence-corrected chi connectivity index (χ4v) is 2.37. The highest BCUT2D eigenvalue weighted by atomic mass is 19.4. The van der Waals surface area contributed by atoms with E-state index in [1.807, 2.05) is 6.92 Å². The molecule has 0 radical (unpaired) electrons. The highest BCUT2D eigenvalue weighted by Gasteiger charge is 2.27. The van der Waals surface area contributed by atoms with Crippen LogP contribution in [0.3, 0.4) is 0 Å². The Bertz CT molecular complexity index is 222. The Morgan fingerprint density at radius 1 is 0.905 bits per heavy atom. The molecule has 0 aromatic heterocycles. The van der Waals surface area contributed by atoms with E-state index < -0.39 is 12.8 Å². The molecular formula is C16H32F3NO. The SMILES string of the molecule is CCCCCCCCCCC(COCC(F)(F)F)NCC. The molecule has 0 aromatic carbocycles. The van der Waals surface area contributed by atoms with Gasteiger partial charge in [-0.1, -0.05) is 65.2 Å². The van der Waals surface area contributed by atoms with E-state index in [-0.39, 0.29) is 12.6 Å². The van der Waals surface area contributed by atoms with Crippen LogP contribution in [0.25, 0.3) is 0 Å². The average Bonchev–Trinajstić information content (AvgIpc) is 2.40. The molecule has 0 saturated carbocycles. The number of ether oxygens (including phenoxy) is 1. The second kappa shape index (κ2) is 13.4. The van der Waals surface area contributed by atoms with Gasteiger partial charge >= 0.3 is 6.18 Å². The molecule has 1 atom stereocenters. The number of halogens is 3. The van der Waals surface area contributed by atoms with Crippen LogP contribution in [0.5, 0.6) is 0 Å². The van der Waals surface area contributed by atoms with Gasteiger partial charge in [0, 0.05) is 6.04 Å². The summed E-state index contributed by atoms with van der Waals surface area (Å²) in [6.07, 6.45) is 6.59. The van der Waals surface area contributed by atoms with Crippen LogP contribution < -0.4 is 5.32 Å². The Hall–Kier alpha value is -0.290. The number of unbranched alkanes of at least 4 members (excludes halogenated alkanes) is 7. The first kappa shape index (κ1) is 20.7. The third kappa shape index (κ3) is 15.9. The van der Waals surface area contributed by atoms with Gasteiger partial charge in [0.2, 0.25) is 0 Å². The highest BCUT2D eigenvalue weighted by Crippen LogP contribution is 2.15.